The van der Waals surface area contributed by atoms with E-state index in [-0.39, 0.29) is 0 Å². The molecule has 0 bridgehead atoms. The molecule has 2 rings (SSSR count). The number of para-hydroxylation sites is 1. The second kappa shape index (κ2) is 6.45. The lowest BCUT2D eigenvalue weighted by Crippen LogP contribution is -2.40. The Morgan fingerprint density at radius 3 is 2.84 bits per heavy atom. The van der Waals surface area contributed by atoms with E-state index < -0.39 is 0 Å². The topological polar surface area (TPSA) is 39.7 Å². The Morgan fingerprint density at radius 2 is 2.16 bits per heavy atom. The lowest BCUT2D eigenvalue weighted by molar-refractivity contribution is 0.699. The number of hydrogen-bond acceptors (Lipinski definition) is 4. The normalized spacial score (nSPS) is 14.8. The Hall–Kier alpha value is -1.71. The van der Waals surface area contributed by atoms with Crippen LogP contribution in [0.1, 0.15) is 25.8 Å². The van der Waals surface area contributed by atoms with Crippen molar-refractivity contribution in [3.8, 4) is 0 Å². The minimum absolute atomic E-state index is 0.492. The number of benzene rings is 1. The quantitative estimate of drug-likeness (QED) is 0.869. The van der Waals surface area contributed by atoms with Gasteiger partial charge in [-0.1, -0.05) is 18.2 Å². The fourth-order valence-electron chi connectivity index (χ4n) is 2.11. The number of nitrogens with zero attached hydrogens (tertiary/aromatic N) is 2. The Balaban J connectivity index is 2.05. The molecule has 1 heterocycles. The molecule has 1 aliphatic rings. The van der Waals surface area contributed by atoms with E-state index in [1.165, 1.54) is 11.3 Å². The highest BCUT2D eigenvalue weighted by molar-refractivity contribution is 5.80. The van der Waals surface area contributed by atoms with Crippen LogP contribution in [0.2, 0.25) is 0 Å². The van der Waals surface area contributed by atoms with Gasteiger partial charge in [-0.3, -0.25) is 4.99 Å². The summed E-state index contributed by atoms with van der Waals surface area (Å²) in [6, 6.07) is 9.02. The fourth-order valence-corrected chi connectivity index (χ4v) is 2.11. The van der Waals surface area contributed by atoms with Gasteiger partial charge in [0, 0.05) is 38.4 Å². The Labute approximate surface area is 115 Å². The summed E-state index contributed by atoms with van der Waals surface area (Å²) in [5.41, 5.74) is 2.58. The van der Waals surface area contributed by atoms with Gasteiger partial charge in [0.25, 0.3) is 0 Å². The number of rotatable bonds is 4. The van der Waals surface area contributed by atoms with Crippen LogP contribution in [0, 0.1) is 0 Å². The molecule has 0 spiro atoms. The van der Waals surface area contributed by atoms with E-state index in [2.05, 4.69) is 65.7 Å². The maximum Gasteiger partial charge on any atom is 0.191 e. The molecule has 19 heavy (non-hydrogen) atoms. The van der Waals surface area contributed by atoms with E-state index in [0.29, 0.717) is 6.04 Å². The largest absolute Gasteiger partial charge is 0.372 e. The van der Waals surface area contributed by atoms with Gasteiger partial charge in [-0.15, -0.1) is 0 Å². The maximum absolute atomic E-state index is 4.43. The van der Waals surface area contributed by atoms with Crippen molar-refractivity contribution in [2.75, 3.05) is 25.0 Å². The number of hydrogen-bond donors (Lipinski definition) is 2. The molecule has 0 radical (unpaired) electrons. The molecule has 0 amide bonds. The zero-order chi connectivity index (χ0) is 13.7. The zero-order valence-electron chi connectivity index (χ0n) is 12.1. The number of anilines is 1. The van der Waals surface area contributed by atoms with Crippen molar-refractivity contribution in [2.45, 2.75) is 32.9 Å². The van der Waals surface area contributed by atoms with Gasteiger partial charge in [0.1, 0.15) is 0 Å². The summed E-state index contributed by atoms with van der Waals surface area (Å²) < 4.78 is 0. The second-order valence-corrected chi connectivity index (χ2v) is 5.20. The van der Waals surface area contributed by atoms with E-state index in [4.69, 9.17) is 0 Å². The fraction of sp³-hybridized carbons (Fsp3) is 0.533. The van der Waals surface area contributed by atoms with Crippen molar-refractivity contribution in [3.05, 3.63) is 29.8 Å². The third kappa shape index (κ3) is 3.63. The van der Waals surface area contributed by atoms with Gasteiger partial charge in [0.05, 0.1) is 0 Å². The predicted molar refractivity (Wildman–Crippen MR) is 81.7 cm³/mol. The van der Waals surface area contributed by atoms with Gasteiger partial charge in [0.15, 0.2) is 5.96 Å². The second-order valence-electron chi connectivity index (χ2n) is 5.20. The summed E-state index contributed by atoms with van der Waals surface area (Å²) in [5, 5.41) is 6.67. The lowest BCUT2D eigenvalue weighted by atomic mass is 10.1. The highest BCUT2D eigenvalue weighted by atomic mass is 15.2. The Morgan fingerprint density at radius 1 is 1.37 bits per heavy atom. The van der Waals surface area contributed by atoms with E-state index >= 15 is 0 Å². The molecule has 0 saturated carbocycles. The zero-order valence-corrected chi connectivity index (χ0v) is 12.1. The highest BCUT2D eigenvalue weighted by Gasteiger charge is 2.10. The van der Waals surface area contributed by atoms with E-state index in [9.17, 15) is 0 Å². The molecule has 1 aromatic rings. The van der Waals surface area contributed by atoms with Crippen LogP contribution < -0.4 is 15.5 Å². The maximum atomic E-state index is 4.43. The van der Waals surface area contributed by atoms with Crippen LogP contribution >= 0.6 is 0 Å². The van der Waals surface area contributed by atoms with Crippen LogP contribution in [-0.4, -0.2) is 32.1 Å². The van der Waals surface area contributed by atoms with Crippen LogP contribution in [-0.2, 0) is 6.54 Å². The van der Waals surface area contributed by atoms with Crippen LogP contribution in [0.15, 0.2) is 29.3 Å². The summed E-state index contributed by atoms with van der Waals surface area (Å²) in [6.07, 6.45) is 1.12. The first-order valence-corrected chi connectivity index (χ1v) is 7.01. The third-order valence-electron chi connectivity index (χ3n) is 3.49. The predicted octanol–water partition coefficient (Wildman–Crippen LogP) is 1.97. The number of nitrogens with one attached hydrogen (secondary N) is 2. The number of guanidine groups is 1. The molecule has 4 heteroatoms. The van der Waals surface area contributed by atoms with Crippen LogP contribution in [0.4, 0.5) is 5.69 Å². The molecule has 2 N–H and O–H groups in total. The van der Waals surface area contributed by atoms with Crippen molar-refractivity contribution < 1.29 is 0 Å². The molecule has 104 valence electrons. The van der Waals surface area contributed by atoms with Crippen molar-refractivity contribution in [2.24, 2.45) is 4.99 Å². The minimum Gasteiger partial charge on any atom is -0.372 e. The third-order valence-corrected chi connectivity index (χ3v) is 3.49. The van der Waals surface area contributed by atoms with Crippen LogP contribution in [0.25, 0.3) is 0 Å². The van der Waals surface area contributed by atoms with Gasteiger partial charge in [-0.25, -0.2) is 0 Å². The van der Waals surface area contributed by atoms with E-state index in [0.717, 1.165) is 32.0 Å². The van der Waals surface area contributed by atoms with Gasteiger partial charge < -0.3 is 15.5 Å². The molecule has 4 nitrogen and oxygen atoms in total. The van der Waals surface area contributed by atoms with Crippen molar-refractivity contribution in [3.63, 3.8) is 0 Å². The smallest absolute Gasteiger partial charge is 0.191 e. The summed E-state index contributed by atoms with van der Waals surface area (Å²) >= 11 is 0. The molecule has 0 fully saturated rings. The molecule has 1 aliphatic heterocycles. The van der Waals surface area contributed by atoms with Gasteiger partial charge in [-0.05, 0) is 31.9 Å². The average molecular weight is 260 g/mol. The van der Waals surface area contributed by atoms with E-state index in [1.54, 1.807) is 0 Å². The number of aliphatic imine (C=N–C) groups is 1. The van der Waals surface area contributed by atoms with Crippen molar-refractivity contribution in [1.82, 2.24) is 10.6 Å². The summed E-state index contributed by atoms with van der Waals surface area (Å²) in [7, 11) is 2.14. The average Bonchev–Trinajstić information content (AvgIpc) is 2.45. The van der Waals surface area contributed by atoms with E-state index in [1.807, 2.05) is 0 Å². The molecule has 1 aromatic carbocycles. The Bertz CT molecular complexity index is 440. The summed E-state index contributed by atoms with van der Waals surface area (Å²) in [4.78, 5) is 6.73. The SMILES string of the molecule is CC(C)N(C)c1ccccc1CNC1=NCCCN1. The van der Waals surface area contributed by atoms with Gasteiger partial charge in [0.2, 0.25) is 0 Å². The molecule has 0 aliphatic carbocycles. The Kier molecular flexibility index (Phi) is 4.66. The first-order chi connectivity index (χ1) is 9.18. The first kappa shape index (κ1) is 13.7. The summed E-state index contributed by atoms with van der Waals surface area (Å²) in [6.45, 7) is 7.15. The standard InChI is InChI=1S/C15H24N4/c1-12(2)19(3)14-8-5-4-7-13(14)11-18-15-16-9-6-10-17-15/h4-5,7-8,12H,6,9-11H2,1-3H3,(H2,16,17,18). The van der Waals surface area contributed by atoms with Gasteiger partial charge in [-0.2, -0.15) is 0 Å². The van der Waals surface area contributed by atoms with Crippen molar-refractivity contribution in [1.29, 1.82) is 0 Å². The molecular weight excluding hydrogens is 236 g/mol. The van der Waals surface area contributed by atoms with Crippen molar-refractivity contribution >= 4 is 11.6 Å². The molecule has 0 unspecified atom stereocenters. The summed E-state index contributed by atoms with van der Waals surface area (Å²) in [5.74, 6) is 0.924. The molecular formula is C15H24N4. The van der Waals surface area contributed by atoms with Crippen LogP contribution in [0.5, 0.6) is 0 Å². The van der Waals surface area contributed by atoms with Crippen LogP contribution in [0.3, 0.4) is 0 Å². The highest BCUT2D eigenvalue weighted by Crippen LogP contribution is 2.20. The lowest BCUT2D eigenvalue weighted by Gasteiger charge is -2.27. The monoisotopic (exact) mass is 260 g/mol. The first-order valence-electron chi connectivity index (χ1n) is 7.01. The molecule has 0 aromatic heterocycles. The minimum atomic E-state index is 0.492. The van der Waals surface area contributed by atoms with Gasteiger partial charge >= 0.3 is 0 Å². The molecule has 0 saturated heterocycles. The molecule has 0 atom stereocenters.